The van der Waals surface area contributed by atoms with Crippen LogP contribution in [0.5, 0.6) is 5.75 Å². The number of nitrogen functional groups attached to an aromatic ring is 1. The lowest BCUT2D eigenvalue weighted by atomic mass is 10.1. The minimum absolute atomic E-state index is 0.00968. The fraction of sp³-hybridized carbons (Fsp3) is 0.241. The zero-order chi connectivity index (χ0) is 30.8. The molecule has 3 aromatic carbocycles. The van der Waals surface area contributed by atoms with Crippen LogP contribution < -0.4 is 14.8 Å². The smallest absolute Gasteiger partial charge is 0.416 e. The number of ether oxygens (including phenoxy) is 1. The van der Waals surface area contributed by atoms with Crippen LogP contribution in [0.4, 0.5) is 24.5 Å². The van der Waals surface area contributed by atoms with Crippen molar-refractivity contribution in [2.75, 3.05) is 10.0 Å². The molecule has 0 spiro atoms. The average Bonchev–Trinajstić information content (AvgIpc) is 3.54. The van der Waals surface area contributed by atoms with E-state index < -0.39 is 33.8 Å². The lowest BCUT2D eigenvalue weighted by molar-refractivity contribution is -0.138. The van der Waals surface area contributed by atoms with Crippen molar-refractivity contribution >= 4 is 27.4 Å². The molecule has 4 aromatic rings. The number of rotatable bonds is 7. The van der Waals surface area contributed by atoms with Crippen LogP contribution in [0.3, 0.4) is 0 Å². The maximum absolute atomic E-state index is 13.5. The molecule has 0 amide bonds. The number of benzene rings is 3. The predicted molar refractivity (Wildman–Crippen MR) is 149 cm³/mol. The van der Waals surface area contributed by atoms with Gasteiger partial charge in [-0.3, -0.25) is 4.31 Å². The van der Waals surface area contributed by atoms with Crippen molar-refractivity contribution in [2.45, 2.75) is 50.9 Å². The number of hydrogen-bond donors (Lipinski definition) is 2. The first-order chi connectivity index (χ1) is 19.9. The van der Waals surface area contributed by atoms with Crippen molar-refractivity contribution in [1.82, 2.24) is 4.98 Å². The van der Waals surface area contributed by atoms with Crippen molar-refractivity contribution in [2.24, 2.45) is 0 Å². The molecule has 0 aliphatic carbocycles. The van der Waals surface area contributed by atoms with Crippen molar-refractivity contribution in [3.8, 4) is 17.2 Å². The van der Waals surface area contributed by atoms with E-state index in [1.54, 1.807) is 31.2 Å². The molecule has 0 saturated heterocycles. The Hall–Kier alpha value is -4.52. The number of halogens is 3. The molecule has 222 valence electrons. The summed E-state index contributed by atoms with van der Waals surface area (Å²) in [6.07, 6.45) is -4.43. The van der Waals surface area contributed by atoms with Gasteiger partial charge in [-0.05, 0) is 61.0 Å². The van der Waals surface area contributed by atoms with Gasteiger partial charge in [0.1, 0.15) is 29.9 Å². The number of fused-ring (bicyclic) bond motifs is 1. The van der Waals surface area contributed by atoms with Gasteiger partial charge >= 0.3 is 12.1 Å². The third kappa shape index (κ3) is 5.91. The number of aliphatic carboxylic acids is 1. The second-order valence-electron chi connectivity index (χ2n) is 9.07. The monoisotopic (exact) mass is 603 g/mol. The van der Waals surface area contributed by atoms with E-state index in [9.17, 15) is 31.5 Å². The van der Waals surface area contributed by atoms with Crippen LogP contribution in [0, 0.1) is 6.92 Å². The zero-order valence-electron chi connectivity index (χ0n) is 22.8. The number of anilines is 2. The zero-order valence-corrected chi connectivity index (χ0v) is 23.7. The first kappa shape index (κ1) is 30.4. The van der Waals surface area contributed by atoms with E-state index in [2.05, 4.69) is 4.98 Å². The van der Waals surface area contributed by atoms with E-state index in [0.717, 1.165) is 16.4 Å². The van der Waals surface area contributed by atoms with Crippen LogP contribution in [0.15, 0.2) is 76.0 Å². The Morgan fingerprint density at radius 1 is 1.12 bits per heavy atom. The molecular weight excluding hydrogens is 575 g/mol. The molecule has 0 bridgehead atoms. The van der Waals surface area contributed by atoms with Crippen molar-refractivity contribution in [3.05, 3.63) is 89.3 Å². The fourth-order valence-electron chi connectivity index (χ4n) is 4.41. The van der Waals surface area contributed by atoms with Crippen LogP contribution in [-0.2, 0) is 34.0 Å². The molecule has 0 saturated carbocycles. The van der Waals surface area contributed by atoms with E-state index in [1.165, 1.54) is 30.3 Å². The number of alkyl halides is 3. The Bertz CT molecular complexity index is 1700. The van der Waals surface area contributed by atoms with Crippen LogP contribution in [0.25, 0.3) is 11.5 Å². The third-order valence-electron chi connectivity index (χ3n) is 6.46. The summed E-state index contributed by atoms with van der Waals surface area (Å²) < 4.78 is 77.7. The number of aromatic nitrogens is 1. The van der Waals surface area contributed by atoms with Gasteiger partial charge in [0.25, 0.3) is 10.0 Å². The maximum atomic E-state index is 13.5. The summed E-state index contributed by atoms with van der Waals surface area (Å²) in [6.45, 7) is 5.50. The number of para-hydroxylation sites is 1. The number of aryl methyl sites for hydroxylation is 1. The van der Waals surface area contributed by atoms with Crippen LogP contribution >= 0.6 is 0 Å². The first-order valence-corrected chi connectivity index (χ1v) is 14.3. The normalized spacial score (nSPS) is 14.6. The molecule has 1 aliphatic heterocycles. The molecule has 13 heteroatoms. The lowest BCUT2D eigenvalue weighted by Gasteiger charge is -2.24. The Labute approximate surface area is 240 Å². The minimum atomic E-state index is -4.46. The number of carboxylic acid groups (broad SMARTS) is 1. The number of carboxylic acids is 1. The number of nitrogens with zero attached hydrogens (tertiary/aromatic N) is 2. The summed E-state index contributed by atoms with van der Waals surface area (Å²) in [6, 6.07) is 13.5. The SMILES string of the molecule is CC.Cc1oc(-c2ccc(C(F)(F)F)cc2)nc1COc1ccc(S(=O)(=O)N2c3ccccc3CC2C(=O)O)cc1N. The Morgan fingerprint density at radius 3 is 2.40 bits per heavy atom. The van der Waals surface area contributed by atoms with E-state index >= 15 is 0 Å². The number of oxazole rings is 1. The number of sulfonamides is 1. The molecule has 1 aliphatic rings. The van der Waals surface area contributed by atoms with Gasteiger partial charge in [0.15, 0.2) is 0 Å². The van der Waals surface area contributed by atoms with Crippen LogP contribution in [-0.4, -0.2) is 30.5 Å². The third-order valence-corrected chi connectivity index (χ3v) is 8.28. The number of hydrogen-bond acceptors (Lipinski definition) is 7. The molecule has 1 unspecified atom stereocenters. The predicted octanol–water partition coefficient (Wildman–Crippen LogP) is 6.06. The highest BCUT2D eigenvalue weighted by atomic mass is 32.2. The van der Waals surface area contributed by atoms with Crippen molar-refractivity contribution in [3.63, 3.8) is 0 Å². The lowest BCUT2D eigenvalue weighted by Crippen LogP contribution is -2.42. The largest absolute Gasteiger partial charge is 0.485 e. The Balaban J connectivity index is 0.00000198. The minimum Gasteiger partial charge on any atom is -0.485 e. The molecule has 42 heavy (non-hydrogen) atoms. The molecule has 1 aromatic heterocycles. The van der Waals surface area contributed by atoms with Crippen LogP contribution in [0.2, 0.25) is 0 Å². The Kier molecular flexibility index (Phi) is 8.53. The van der Waals surface area contributed by atoms with Gasteiger partial charge < -0.3 is 20.0 Å². The summed E-state index contributed by atoms with van der Waals surface area (Å²) in [5, 5.41) is 9.67. The molecule has 5 rings (SSSR count). The summed E-state index contributed by atoms with van der Waals surface area (Å²) in [5.41, 5.74) is 6.89. The van der Waals surface area contributed by atoms with E-state index in [4.69, 9.17) is 14.9 Å². The van der Waals surface area contributed by atoms with Gasteiger partial charge in [-0.25, -0.2) is 18.2 Å². The van der Waals surface area contributed by atoms with Gasteiger partial charge in [0, 0.05) is 12.0 Å². The summed E-state index contributed by atoms with van der Waals surface area (Å²) in [4.78, 5) is 16.0. The quantitative estimate of drug-likeness (QED) is 0.243. The molecular formula is C29H28F3N3O6S. The van der Waals surface area contributed by atoms with Gasteiger partial charge in [0.2, 0.25) is 5.89 Å². The van der Waals surface area contributed by atoms with E-state index in [-0.39, 0.29) is 35.3 Å². The van der Waals surface area contributed by atoms with Gasteiger partial charge in [-0.1, -0.05) is 32.0 Å². The van der Waals surface area contributed by atoms with Crippen LogP contribution in [0.1, 0.15) is 36.4 Å². The second-order valence-corrected chi connectivity index (χ2v) is 10.9. The summed E-state index contributed by atoms with van der Waals surface area (Å²) >= 11 is 0. The highest BCUT2D eigenvalue weighted by molar-refractivity contribution is 7.93. The molecule has 3 N–H and O–H groups in total. The average molecular weight is 604 g/mol. The first-order valence-electron chi connectivity index (χ1n) is 12.9. The molecule has 2 heterocycles. The fourth-order valence-corrected chi connectivity index (χ4v) is 6.09. The number of carbonyl (C=O) groups is 1. The highest BCUT2D eigenvalue weighted by Gasteiger charge is 2.42. The van der Waals surface area contributed by atoms with Gasteiger partial charge in [-0.15, -0.1) is 0 Å². The topological polar surface area (TPSA) is 136 Å². The maximum Gasteiger partial charge on any atom is 0.416 e. The van der Waals surface area contributed by atoms with Crippen molar-refractivity contribution in [1.29, 1.82) is 0 Å². The van der Waals surface area contributed by atoms with E-state index in [0.29, 0.717) is 28.3 Å². The second kappa shape index (κ2) is 11.8. The summed E-state index contributed by atoms with van der Waals surface area (Å²) in [5.74, 6) is -0.640. The molecule has 9 nitrogen and oxygen atoms in total. The Morgan fingerprint density at radius 2 is 1.79 bits per heavy atom. The van der Waals surface area contributed by atoms with Crippen molar-refractivity contribution < 1.29 is 40.6 Å². The standard InChI is InChI=1S/C27H22F3N3O6S.C2H6/c1-15-21(32-25(39-15)16-6-8-18(9-7-16)27(28,29)30)14-38-24-11-10-19(13-20(24)31)40(36,37)33-22-5-3-2-4-17(22)12-23(33)26(34)35;1-2/h2-11,13,23H,12,14,31H2,1H3,(H,34,35);1-2H3. The highest BCUT2D eigenvalue weighted by Crippen LogP contribution is 2.38. The number of nitrogens with two attached hydrogens (primary N) is 1. The summed E-state index contributed by atoms with van der Waals surface area (Å²) in [7, 11) is -4.28. The van der Waals surface area contributed by atoms with Gasteiger partial charge in [0.05, 0.1) is 21.8 Å². The van der Waals surface area contributed by atoms with E-state index in [1.807, 2.05) is 13.8 Å². The molecule has 0 fully saturated rings. The van der Waals surface area contributed by atoms with Gasteiger partial charge in [-0.2, -0.15) is 13.2 Å². The molecule has 0 radical (unpaired) electrons. The molecule has 1 atom stereocenters.